The van der Waals surface area contributed by atoms with Gasteiger partial charge in [-0.3, -0.25) is 9.89 Å². The second-order valence-electron chi connectivity index (χ2n) is 4.39. The molecule has 3 aromatic rings. The van der Waals surface area contributed by atoms with Crippen LogP contribution < -0.4 is 5.43 Å². The van der Waals surface area contributed by atoms with E-state index in [-0.39, 0.29) is 11.5 Å². The summed E-state index contributed by atoms with van der Waals surface area (Å²) in [5.41, 5.74) is 3.84. The van der Waals surface area contributed by atoms with E-state index in [1.54, 1.807) is 30.3 Å². The van der Waals surface area contributed by atoms with Crippen molar-refractivity contribution in [3.63, 3.8) is 0 Å². The van der Waals surface area contributed by atoms with E-state index in [0.717, 1.165) is 0 Å². The van der Waals surface area contributed by atoms with Crippen molar-refractivity contribution >= 4 is 12.1 Å². The van der Waals surface area contributed by atoms with Crippen molar-refractivity contribution < 1.29 is 13.6 Å². The second-order valence-corrected chi connectivity index (χ2v) is 4.39. The highest BCUT2D eigenvalue weighted by molar-refractivity contribution is 5.93. The molecular weight excluding hydrogens is 287 g/mol. The smallest absolute Gasteiger partial charge is 0.289 e. The van der Waals surface area contributed by atoms with E-state index in [0.29, 0.717) is 17.0 Å². The molecule has 3 rings (SSSR count). The third-order valence-corrected chi connectivity index (χ3v) is 2.86. The molecule has 110 valence electrons. The van der Waals surface area contributed by atoms with E-state index < -0.39 is 5.91 Å². The quantitative estimate of drug-likeness (QED) is 0.573. The second kappa shape index (κ2) is 6.04. The van der Waals surface area contributed by atoms with Crippen molar-refractivity contribution in [2.45, 2.75) is 0 Å². The van der Waals surface area contributed by atoms with Crippen LogP contribution in [-0.4, -0.2) is 22.3 Å². The molecule has 1 amide bonds. The van der Waals surface area contributed by atoms with Gasteiger partial charge in [0.1, 0.15) is 17.3 Å². The lowest BCUT2D eigenvalue weighted by atomic mass is 10.1. The number of halogens is 1. The number of furan rings is 1. The summed E-state index contributed by atoms with van der Waals surface area (Å²) in [6.07, 6.45) is 2.89. The minimum absolute atomic E-state index is 0.246. The highest BCUT2D eigenvalue weighted by Gasteiger charge is 2.10. The molecular formula is C15H11FN4O2. The first-order chi connectivity index (χ1) is 10.7. The van der Waals surface area contributed by atoms with Crippen LogP contribution in [-0.2, 0) is 0 Å². The maximum atomic E-state index is 12.9. The number of H-pyrrole nitrogens is 1. The first-order valence-corrected chi connectivity index (χ1v) is 6.40. The molecule has 0 fully saturated rings. The molecule has 2 aromatic heterocycles. The van der Waals surface area contributed by atoms with Crippen LogP contribution in [0.4, 0.5) is 4.39 Å². The molecule has 0 bridgehead atoms. The Kier molecular flexibility index (Phi) is 3.78. The molecule has 2 heterocycles. The number of hydrogen-bond donors (Lipinski definition) is 2. The molecule has 0 aliphatic carbocycles. The zero-order chi connectivity index (χ0) is 15.4. The molecule has 0 aliphatic heterocycles. The van der Waals surface area contributed by atoms with Crippen molar-refractivity contribution in [3.8, 4) is 11.3 Å². The highest BCUT2D eigenvalue weighted by Crippen LogP contribution is 2.17. The summed E-state index contributed by atoms with van der Waals surface area (Å²) in [7, 11) is 0. The van der Waals surface area contributed by atoms with Crippen LogP contribution in [0, 0.1) is 5.82 Å². The third-order valence-electron chi connectivity index (χ3n) is 2.86. The zero-order valence-electron chi connectivity index (χ0n) is 11.3. The number of hydrogen-bond acceptors (Lipinski definition) is 4. The van der Waals surface area contributed by atoms with Gasteiger partial charge in [0.05, 0.1) is 18.2 Å². The van der Waals surface area contributed by atoms with Crippen molar-refractivity contribution in [1.82, 2.24) is 15.6 Å². The molecule has 2 N–H and O–H groups in total. The first-order valence-electron chi connectivity index (χ1n) is 6.40. The highest BCUT2D eigenvalue weighted by atomic mass is 19.1. The van der Waals surface area contributed by atoms with Gasteiger partial charge in [-0.05, 0) is 42.5 Å². The standard InChI is InChI=1S/C15H11FN4O2/c16-11-5-3-10(4-6-11)13-8-14(19-18-13)15(21)20-17-9-12-2-1-7-22-12/h1-9H,(H,18,19)(H,20,21)/b17-9+. The average Bonchev–Trinajstić information content (AvgIpc) is 3.19. The number of rotatable bonds is 4. The number of nitrogens with zero attached hydrogens (tertiary/aromatic N) is 2. The van der Waals surface area contributed by atoms with Crippen LogP contribution in [0.3, 0.4) is 0 Å². The summed E-state index contributed by atoms with van der Waals surface area (Å²) in [6, 6.07) is 10.8. The Bertz CT molecular complexity index is 791. The molecule has 0 unspecified atom stereocenters. The number of aromatic nitrogens is 2. The number of aromatic amines is 1. The largest absolute Gasteiger partial charge is 0.463 e. The summed E-state index contributed by atoms with van der Waals surface area (Å²) in [4.78, 5) is 11.9. The Hall–Kier alpha value is -3.22. The summed E-state index contributed by atoms with van der Waals surface area (Å²) in [5.74, 6) is -0.245. The number of carbonyl (C=O) groups excluding carboxylic acids is 1. The van der Waals surface area contributed by atoms with E-state index in [9.17, 15) is 9.18 Å². The van der Waals surface area contributed by atoms with Gasteiger partial charge in [-0.15, -0.1) is 0 Å². The molecule has 7 heteroatoms. The Balaban J connectivity index is 1.68. The molecule has 0 atom stereocenters. The minimum atomic E-state index is -0.441. The lowest BCUT2D eigenvalue weighted by Gasteiger charge is -1.95. The van der Waals surface area contributed by atoms with Crippen molar-refractivity contribution in [2.75, 3.05) is 0 Å². The van der Waals surface area contributed by atoms with Gasteiger partial charge in [-0.1, -0.05) is 0 Å². The number of benzene rings is 1. The average molecular weight is 298 g/mol. The molecule has 0 saturated heterocycles. The van der Waals surface area contributed by atoms with E-state index in [4.69, 9.17) is 4.42 Å². The molecule has 0 saturated carbocycles. The first kappa shape index (κ1) is 13.7. The van der Waals surface area contributed by atoms with Gasteiger partial charge >= 0.3 is 0 Å². The summed E-state index contributed by atoms with van der Waals surface area (Å²) in [5, 5.41) is 10.4. The lowest BCUT2D eigenvalue weighted by Crippen LogP contribution is -2.17. The van der Waals surface area contributed by atoms with Crippen molar-refractivity contribution in [1.29, 1.82) is 0 Å². The van der Waals surface area contributed by atoms with Crippen molar-refractivity contribution in [3.05, 3.63) is 66.0 Å². The van der Waals surface area contributed by atoms with E-state index in [2.05, 4.69) is 20.7 Å². The SMILES string of the molecule is O=C(N/N=C/c1ccco1)c1cc(-c2ccc(F)cc2)n[nH]1. The van der Waals surface area contributed by atoms with Gasteiger partial charge in [0.2, 0.25) is 0 Å². The van der Waals surface area contributed by atoms with Gasteiger partial charge in [-0.2, -0.15) is 10.2 Å². The predicted octanol–water partition coefficient (Wildman–Crippen LogP) is 2.57. The van der Waals surface area contributed by atoms with E-state index >= 15 is 0 Å². The molecule has 6 nitrogen and oxygen atoms in total. The van der Waals surface area contributed by atoms with E-state index in [1.165, 1.54) is 24.6 Å². The maximum absolute atomic E-state index is 12.9. The van der Waals surface area contributed by atoms with Crippen LogP contribution >= 0.6 is 0 Å². The monoisotopic (exact) mass is 298 g/mol. The van der Waals surface area contributed by atoms with Crippen LogP contribution in [0.25, 0.3) is 11.3 Å². The summed E-state index contributed by atoms with van der Waals surface area (Å²) >= 11 is 0. The number of carbonyl (C=O) groups is 1. The lowest BCUT2D eigenvalue weighted by molar-refractivity contribution is 0.0950. The van der Waals surface area contributed by atoms with Crippen LogP contribution in [0.1, 0.15) is 16.2 Å². The molecule has 0 radical (unpaired) electrons. The predicted molar refractivity (Wildman–Crippen MR) is 77.7 cm³/mol. The van der Waals surface area contributed by atoms with Gasteiger partial charge in [-0.25, -0.2) is 9.82 Å². The molecule has 22 heavy (non-hydrogen) atoms. The number of amides is 1. The van der Waals surface area contributed by atoms with Crippen LogP contribution in [0.15, 0.2) is 58.2 Å². The van der Waals surface area contributed by atoms with Gasteiger partial charge in [0.15, 0.2) is 0 Å². The molecule has 0 spiro atoms. The summed E-state index contributed by atoms with van der Waals surface area (Å²) in [6.45, 7) is 0. The summed E-state index contributed by atoms with van der Waals surface area (Å²) < 4.78 is 17.9. The van der Waals surface area contributed by atoms with Crippen LogP contribution in [0.2, 0.25) is 0 Å². The van der Waals surface area contributed by atoms with Crippen LogP contribution in [0.5, 0.6) is 0 Å². The fourth-order valence-corrected chi connectivity index (χ4v) is 1.79. The van der Waals surface area contributed by atoms with E-state index in [1.807, 2.05) is 0 Å². The van der Waals surface area contributed by atoms with Gasteiger partial charge in [0.25, 0.3) is 5.91 Å². The number of nitrogens with one attached hydrogen (secondary N) is 2. The van der Waals surface area contributed by atoms with Gasteiger partial charge in [0, 0.05) is 5.56 Å². The Labute approximate surface area is 124 Å². The zero-order valence-corrected chi connectivity index (χ0v) is 11.3. The molecule has 0 aliphatic rings. The molecule has 1 aromatic carbocycles. The Morgan fingerprint density at radius 1 is 1.32 bits per heavy atom. The Morgan fingerprint density at radius 2 is 2.14 bits per heavy atom. The van der Waals surface area contributed by atoms with Crippen molar-refractivity contribution in [2.24, 2.45) is 5.10 Å². The van der Waals surface area contributed by atoms with Gasteiger partial charge < -0.3 is 4.42 Å². The topological polar surface area (TPSA) is 83.3 Å². The minimum Gasteiger partial charge on any atom is -0.463 e. The normalized spacial score (nSPS) is 11.0. The Morgan fingerprint density at radius 3 is 2.86 bits per heavy atom. The fourth-order valence-electron chi connectivity index (χ4n) is 1.79. The number of hydrazone groups is 1. The fraction of sp³-hybridized carbons (Fsp3) is 0. The third kappa shape index (κ3) is 3.09. The maximum Gasteiger partial charge on any atom is 0.289 e.